The summed E-state index contributed by atoms with van der Waals surface area (Å²) in [5.74, 6) is -1.72. The van der Waals surface area contributed by atoms with Crippen molar-refractivity contribution in [2.24, 2.45) is 5.92 Å². The number of hydrogen-bond acceptors (Lipinski definition) is 5. The Labute approximate surface area is 171 Å². The summed E-state index contributed by atoms with van der Waals surface area (Å²) >= 11 is 3.34. The molecule has 8 heteroatoms. The maximum absolute atomic E-state index is 13.7. The summed E-state index contributed by atoms with van der Waals surface area (Å²) in [4.78, 5) is 4.64. The Bertz CT molecular complexity index is 989. The first-order valence-electron chi connectivity index (χ1n) is 8.78. The lowest BCUT2D eigenvalue weighted by Crippen LogP contribution is -2.51. The Morgan fingerprint density at radius 3 is 1.96 bits per heavy atom. The van der Waals surface area contributed by atoms with Crippen molar-refractivity contribution in [3.8, 4) is 0 Å². The molecule has 1 aliphatic rings. The lowest BCUT2D eigenvalue weighted by Gasteiger charge is -2.46. The Hall–Kier alpha value is -1.61. The normalized spacial score (nSPS) is 17.0. The topological polar surface area (TPSA) is 37.4 Å². The third-order valence-electron chi connectivity index (χ3n) is 5.03. The fourth-order valence-corrected chi connectivity index (χ4v) is 7.28. The summed E-state index contributed by atoms with van der Waals surface area (Å²) in [5.41, 5.74) is 0.188. The SMILES string of the molecule is CS(=O)(=O)C(c1cc(F)cc(F)c1)C1CN(C(c2cccs2)c2cccs2)C1. The molecule has 3 nitrogen and oxygen atoms in total. The number of hydrogen-bond donors (Lipinski definition) is 0. The van der Waals surface area contributed by atoms with Crippen molar-refractivity contribution < 1.29 is 17.2 Å². The average Bonchev–Trinajstić information content (AvgIpc) is 3.24. The van der Waals surface area contributed by atoms with Gasteiger partial charge >= 0.3 is 0 Å². The van der Waals surface area contributed by atoms with Gasteiger partial charge in [0.1, 0.15) is 11.6 Å². The van der Waals surface area contributed by atoms with E-state index in [1.54, 1.807) is 22.7 Å². The Balaban J connectivity index is 1.61. The van der Waals surface area contributed by atoms with Crippen LogP contribution in [0, 0.1) is 17.6 Å². The van der Waals surface area contributed by atoms with E-state index in [1.165, 1.54) is 9.75 Å². The molecule has 148 valence electrons. The van der Waals surface area contributed by atoms with Crippen LogP contribution in [0.15, 0.2) is 53.2 Å². The molecule has 1 fully saturated rings. The molecule has 0 radical (unpaired) electrons. The lowest BCUT2D eigenvalue weighted by atomic mass is 9.89. The highest BCUT2D eigenvalue weighted by Gasteiger charge is 2.43. The molecule has 1 atom stereocenters. The van der Waals surface area contributed by atoms with Gasteiger partial charge in [-0.15, -0.1) is 22.7 Å². The molecule has 0 aliphatic carbocycles. The van der Waals surface area contributed by atoms with Gasteiger partial charge in [0, 0.05) is 41.1 Å². The second-order valence-corrected chi connectivity index (χ2v) is 11.2. The highest BCUT2D eigenvalue weighted by molar-refractivity contribution is 7.90. The molecule has 0 spiro atoms. The zero-order valence-corrected chi connectivity index (χ0v) is 17.5. The van der Waals surface area contributed by atoms with Gasteiger partial charge in [0.05, 0.1) is 11.3 Å². The van der Waals surface area contributed by atoms with Crippen molar-refractivity contribution in [1.82, 2.24) is 4.90 Å². The fourth-order valence-electron chi connectivity index (χ4n) is 3.95. The van der Waals surface area contributed by atoms with E-state index >= 15 is 0 Å². The summed E-state index contributed by atoms with van der Waals surface area (Å²) in [6, 6.07) is 11.3. The van der Waals surface area contributed by atoms with Crippen LogP contribution in [-0.4, -0.2) is 32.7 Å². The van der Waals surface area contributed by atoms with E-state index in [9.17, 15) is 17.2 Å². The molecule has 3 heterocycles. The summed E-state index contributed by atoms with van der Waals surface area (Å²) in [5, 5.41) is 3.14. The standard InChI is InChI=1S/C20H19F2NO2S3/c1-28(24,25)20(13-8-15(21)10-16(22)9-13)14-11-23(12-14)19(17-4-2-6-26-17)18-5-3-7-27-18/h2-10,14,19-20H,11-12H2,1H3. The lowest BCUT2D eigenvalue weighted by molar-refractivity contribution is 0.0681. The molecule has 0 amide bonds. The van der Waals surface area contributed by atoms with Gasteiger partial charge in [0.25, 0.3) is 0 Å². The van der Waals surface area contributed by atoms with Crippen LogP contribution in [0.3, 0.4) is 0 Å². The van der Waals surface area contributed by atoms with Crippen molar-refractivity contribution in [2.75, 3.05) is 19.3 Å². The van der Waals surface area contributed by atoms with Gasteiger partial charge in [-0.25, -0.2) is 17.2 Å². The highest BCUT2D eigenvalue weighted by Crippen LogP contribution is 2.43. The summed E-state index contributed by atoms with van der Waals surface area (Å²) < 4.78 is 52.3. The molecule has 1 aliphatic heterocycles. The number of rotatable bonds is 6. The highest BCUT2D eigenvalue weighted by atomic mass is 32.2. The zero-order chi connectivity index (χ0) is 19.9. The van der Waals surface area contributed by atoms with Crippen LogP contribution in [0.4, 0.5) is 8.78 Å². The predicted octanol–water partition coefficient (Wildman–Crippen LogP) is 4.89. The average molecular weight is 440 g/mol. The number of sulfone groups is 1. The number of benzene rings is 1. The van der Waals surface area contributed by atoms with Crippen LogP contribution >= 0.6 is 22.7 Å². The first-order valence-corrected chi connectivity index (χ1v) is 12.5. The number of thiophene rings is 2. The molecule has 28 heavy (non-hydrogen) atoms. The van der Waals surface area contributed by atoms with Gasteiger partial charge < -0.3 is 0 Å². The molecule has 3 aromatic rings. The van der Waals surface area contributed by atoms with Crippen molar-refractivity contribution >= 4 is 32.5 Å². The van der Waals surface area contributed by atoms with Gasteiger partial charge in [0.15, 0.2) is 9.84 Å². The van der Waals surface area contributed by atoms with Gasteiger partial charge in [-0.3, -0.25) is 4.90 Å². The van der Waals surface area contributed by atoms with E-state index in [-0.39, 0.29) is 17.5 Å². The Kier molecular flexibility index (Phi) is 5.39. The van der Waals surface area contributed by atoms with Crippen molar-refractivity contribution in [3.63, 3.8) is 0 Å². The van der Waals surface area contributed by atoms with Crippen molar-refractivity contribution in [2.45, 2.75) is 11.3 Å². The van der Waals surface area contributed by atoms with Crippen LogP contribution in [0.1, 0.15) is 26.6 Å². The Morgan fingerprint density at radius 2 is 1.54 bits per heavy atom. The quantitative estimate of drug-likeness (QED) is 0.549. The van der Waals surface area contributed by atoms with Crippen LogP contribution in [-0.2, 0) is 9.84 Å². The summed E-state index contributed by atoms with van der Waals surface area (Å²) in [7, 11) is -3.52. The second kappa shape index (κ2) is 7.67. The number of halogens is 2. The molecule has 1 unspecified atom stereocenters. The molecule has 1 saturated heterocycles. The van der Waals surface area contributed by atoms with Gasteiger partial charge in [-0.2, -0.15) is 0 Å². The van der Waals surface area contributed by atoms with Gasteiger partial charge in [0.2, 0.25) is 0 Å². The van der Waals surface area contributed by atoms with Gasteiger partial charge in [-0.1, -0.05) is 12.1 Å². The van der Waals surface area contributed by atoms with E-state index in [4.69, 9.17) is 0 Å². The molecular formula is C20H19F2NO2S3. The molecule has 0 saturated carbocycles. The maximum Gasteiger partial charge on any atom is 0.154 e. The summed E-state index contributed by atoms with van der Waals surface area (Å²) in [6.07, 6.45) is 1.14. The Morgan fingerprint density at radius 1 is 1.00 bits per heavy atom. The van der Waals surface area contributed by atoms with Crippen LogP contribution in [0.5, 0.6) is 0 Å². The monoisotopic (exact) mass is 439 g/mol. The number of likely N-dealkylation sites (tertiary alicyclic amines) is 1. The third-order valence-corrected chi connectivity index (χ3v) is 8.46. The molecule has 2 aromatic heterocycles. The van der Waals surface area contributed by atoms with Crippen LogP contribution in [0.25, 0.3) is 0 Å². The minimum Gasteiger partial charge on any atom is -0.290 e. The predicted molar refractivity (Wildman–Crippen MR) is 109 cm³/mol. The van der Waals surface area contributed by atoms with E-state index in [0.29, 0.717) is 13.1 Å². The maximum atomic E-state index is 13.7. The van der Waals surface area contributed by atoms with E-state index in [2.05, 4.69) is 17.0 Å². The largest absolute Gasteiger partial charge is 0.290 e. The van der Waals surface area contributed by atoms with Crippen LogP contribution < -0.4 is 0 Å². The molecule has 1 aromatic carbocycles. The number of nitrogens with zero attached hydrogens (tertiary/aromatic N) is 1. The third kappa shape index (κ3) is 3.91. The van der Waals surface area contributed by atoms with Gasteiger partial charge in [-0.05, 0) is 40.6 Å². The van der Waals surface area contributed by atoms with Crippen LogP contribution in [0.2, 0.25) is 0 Å². The summed E-state index contributed by atoms with van der Waals surface area (Å²) in [6.45, 7) is 1.10. The van der Waals surface area contributed by atoms with Crippen molar-refractivity contribution in [1.29, 1.82) is 0 Å². The minimum atomic E-state index is -3.52. The smallest absolute Gasteiger partial charge is 0.154 e. The molecular weight excluding hydrogens is 420 g/mol. The first-order chi connectivity index (χ1) is 13.3. The molecule has 0 N–H and O–H groups in total. The second-order valence-electron chi connectivity index (χ2n) is 7.10. The van der Waals surface area contributed by atoms with E-state index in [0.717, 1.165) is 24.5 Å². The molecule has 4 rings (SSSR count). The first kappa shape index (κ1) is 19.7. The van der Waals surface area contributed by atoms with Crippen molar-refractivity contribution in [3.05, 3.63) is 80.2 Å². The zero-order valence-electron chi connectivity index (χ0n) is 15.1. The fraction of sp³-hybridized carbons (Fsp3) is 0.300. The molecule has 0 bridgehead atoms. The van der Waals surface area contributed by atoms with E-state index in [1.807, 2.05) is 22.9 Å². The van der Waals surface area contributed by atoms with E-state index < -0.39 is 26.7 Å². The minimum absolute atomic E-state index is 0.0840.